The minimum absolute atomic E-state index is 0. The van der Waals surface area contributed by atoms with Gasteiger partial charge < -0.3 is 15.4 Å². The van der Waals surface area contributed by atoms with Crippen LogP contribution in [0, 0.1) is 0 Å². The first kappa shape index (κ1) is 23.2. The molecule has 0 amide bonds. The van der Waals surface area contributed by atoms with Crippen molar-refractivity contribution in [2.45, 2.75) is 38.1 Å². The molecule has 0 aromatic heterocycles. The Morgan fingerprint density at radius 1 is 1.14 bits per heavy atom. The van der Waals surface area contributed by atoms with E-state index in [0.29, 0.717) is 6.04 Å². The maximum Gasteiger partial charge on any atom is 0.191 e. The standard InChI is InChI=1S/C22H34N4O.HI/c1-23-22(24-13-12-19-8-4-2-5-9-19)25-18-21(20-10-6-3-7-11-20)26-14-16-27-17-15-26;/h3,6-8,10-11,21H,2,4-5,9,12-18H2,1H3,(H2,23,24,25);1H. The lowest BCUT2D eigenvalue weighted by Crippen LogP contribution is -2.46. The van der Waals surface area contributed by atoms with Gasteiger partial charge in [0.1, 0.15) is 0 Å². The van der Waals surface area contributed by atoms with Crippen LogP contribution in [0.25, 0.3) is 0 Å². The van der Waals surface area contributed by atoms with Crippen molar-refractivity contribution in [3.63, 3.8) is 0 Å². The Morgan fingerprint density at radius 2 is 1.93 bits per heavy atom. The fourth-order valence-corrected chi connectivity index (χ4v) is 3.91. The maximum absolute atomic E-state index is 5.54. The normalized spacial score (nSPS) is 19.3. The van der Waals surface area contributed by atoms with Crippen molar-refractivity contribution in [3.05, 3.63) is 47.5 Å². The minimum Gasteiger partial charge on any atom is -0.379 e. The minimum atomic E-state index is 0. The molecule has 1 saturated heterocycles. The van der Waals surface area contributed by atoms with Crippen molar-refractivity contribution in [1.29, 1.82) is 0 Å². The van der Waals surface area contributed by atoms with E-state index in [1.807, 2.05) is 7.05 Å². The van der Waals surface area contributed by atoms with Gasteiger partial charge in [-0.1, -0.05) is 42.0 Å². The van der Waals surface area contributed by atoms with E-state index in [9.17, 15) is 0 Å². The summed E-state index contributed by atoms with van der Waals surface area (Å²) in [5.41, 5.74) is 2.94. The molecule has 1 heterocycles. The molecule has 3 rings (SSSR count). The van der Waals surface area contributed by atoms with Crippen molar-refractivity contribution in [3.8, 4) is 0 Å². The predicted octanol–water partition coefficient (Wildman–Crippen LogP) is 3.73. The molecule has 1 unspecified atom stereocenters. The highest BCUT2D eigenvalue weighted by atomic mass is 127. The SMILES string of the molecule is CN=C(NCCC1=CCCCC1)NCC(c1ccccc1)N1CCOCC1.I. The second-order valence-corrected chi connectivity index (χ2v) is 7.31. The van der Waals surface area contributed by atoms with E-state index in [1.165, 1.54) is 31.2 Å². The van der Waals surface area contributed by atoms with Crippen molar-refractivity contribution in [2.24, 2.45) is 4.99 Å². The number of nitrogens with one attached hydrogen (secondary N) is 2. The van der Waals surface area contributed by atoms with Gasteiger partial charge in [-0.25, -0.2) is 0 Å². The highest BCUT2D eigenvalue weighted by Gasteiger charge is 2.22. The molecule has 1 aliphatic carbocycles. The van der Waals surface area contributed by atoms with Gasteiger partial charge in [0, 0.05) is 33.2 Å². The average Bonchev–Trinajstić information content (AvgIpc) is 2.75. The first-order chi connectivity index (χ1) is 13.4. The van der Waals surface area contributed by atoms with Crippen molar-refractivity contribution in [2.75, 3.05) is 46.4 Å². The van der Waals surface area contributed by atoms with Crippen LogP contribution in [0.4, 0.5) is 0 Å². The van der Waals surface area contributed by atoms with Crippen LogP contribution in [-0.4, -0.2) is 57.3 Å². The number of halogens is 1. The lowest BCUT2D eigenvalue weighted by atomic mass is 9.97. The fourth-order valence-electron chi connectivity index (χ4n) is 3.91. The number of rotatable bonds is 7. The summed E-state index contributed by atoms with van der Waals surface area (Å²) < 4.78 is 5.54. The zero-order valence-corrected chi connectivity index (χ0v) is 19.4. The van der Waals surface area contributed by atoms with E-state index in [0.717, 1.165) is 51.8 Å². The molecule has 1 atom stereocenters. The second-order valence-electron chi connectivity index (χ2n) is 7.31. The summed E-state index contributed by atoms with van der Waals surface area (Å²) in [5, 5.41) is 7.02. The first-order valence-electron chi connectivity index (χ1n) is 10.4. The van der Waals surface area contributed by atoms with E-state index in [1.54, 1.807) is 5.57 Å². The second kappa shape index (κ2) is 13.2. The highest BCUT2D eigenvalue weighted by Crippen LogP contribution is 2.21. The number of ether oxygens (including phenoxy) is 1. The Morgan fingerprint density at radius 3 is 2.61 bits per heavy atom. The van der Waals surface area contributed by atoms with Crippen LogP contribution in [0.2, 0.25) is 0 Å². The highest BCUT2D eigenvalue weighted by molar-refractivity contribution is 14.0. The van der Waals surface area contributed by atoms with Gasteiger partial charge in [-0.3, -0.25) is 9.89 Å². The van der Waals surface area contributed by atoms with Crippen LogP contribution in [0.1, 0.15) is 43.7 Å². The van der Waals surface area contributed by atoms with Gasteiger partial charge in [0.15, 0.2) is 5.96 Å². The summed E-state index contributed by atoms with van der Waals surface area (Å²) in [7, 11) is 1.85. The van der Waals surface area contributed by atoms with Gasteiger partial charge in [-0.05, 0) is 37.7 Å². The summed E-state index contributed by atoms with van der Waals surface area (Å²) in [5.74, 6) is 0.889. The number of nitrogens with zero attached hydrogens (tertiary/aromatic N) is 2. The van der Waals surface area contributed by atoms with E-state index < -0.39 is 0 Å². The third-order valence-electron chi connectivity index (χ3n) is 5.48. The molecule has 1 aliphatic heterocycles. The molecule has 0 spiro atoms. The zero-order chi connectivity index (χ0) is 18.7. The van der Waals surface area contributed by atoms with Gasteiger partial charge >= 0.3 is 0 Å². The molecule has 2 aliphatic rings. The summed E-state index contributed by atoms with van der Waals surface area (Å²) in [6, 6.07) is 11.1. The topological polar surface area (TPSA) is 48.9 Å². The largest absolute Gasteiger partial charge is 0.379 e. The van der Waals surface area contributed by atoms with Crippen LogP contribution in [-0.2, 0) is 4.74 Å². The van der Waals surface area contributed by atoms with Gasteiger partial charge in [0.05, 0.1) is 19.3 Å². The Bertz CT molecular complexity index is 614. The molecule has 6 heteroatoms. The number of morpholine rings is 1. The van der Waals surface area contributed by atoms with Crippen molar-refractivity contribution >= 4 is 29.9 Å². The molecule has 0 radical (unpaired) electrons. The average molecular weight is 498 g/mol. The smallest absolute Gasteiger partial charge is 0.191 e. The molecular weight excluding hydrogens is 463 g/mol. The van der Waals surface area contributed by atoms with Gasteiger partial charge in [-0.15, -0.1) is 24.0 Å². The van der Waals surface area contributed by atoms with Crippen LogP contribution >= 0.6 is 24.0 Å². The molecule has 1 aromatic carbocycles. The maximum atomic E-state index is 5.54. The summed E-state index contributed by atoms with van der Waals surface area (Å²) in [6.07, 6.45) is 8.75. The van der Waals surface area contributed by atoms with E-state index in [2.05, 4.69) is 56.9 Å². The van der Waals surface area contributed by atoms with Crippen molar-refractivity contribution in [1.82, 2.24) is 15.5 Å². The van der Waals surface area contributed by atoms with Crippen LogP contribution in [0.3, 0.4) is 0 Å². The molecule has 1 aromatic rings. The Hall–Kier alpha value is -1.12. The number of guanidine groups is 1. The summed E-state index contributed by atoms with van der Waals surface area (Å²) in [4.78, 5) is 6.92. The third kappa shape index (κ3) is 7.37. The quantitative estimate of drug-likeness (QED) is 0.260. The molecule has 0 bridgehead atoms. The van der Waals surface area contributed by atoms with Gasteiger partial charge in [0.25, 0.3) is 0 Å². The lowest BCUT2D eigenvalue weighted by Gasteiger charge is -2.35. The molecule has 28 heavy (non-hydrogen) atoms. The zero-order valence-electron chi connectivity index (χ0n) is 17.0. The molecule has 2 N–H and O–H groups in total. The Labute approximate surface area is 187 Å². The summed E-state index contributed by atoms with van der Waals surface area (Å²) >= 11 is 0. The number of aliphatic imine (C=N–C) groups is 1. The molecule has 1 fully saturated rings. The number of hydrogen-bond acceptors (Lipinski definition) is 3. The molecule has 5 nitrogen and oxygen atoms in total. The Balaban J connectivity index is 0.00000280. The van der Waals surface area contributed by atoms with Crippen LogP contribution in [0.15, 0.2) is 47.0 Å². The summed E-state index contributed by atoms with van der Waals surface area (Å²) in [6.45, 7) is 5.35. The molecule has 156 valence electrons. The predicted molar refractivity (Wildman–Crippen MR) is 128 cm³/mol. The Kier molecular flexibility index (Phi) is 10.9. The van der Waals surface area contributed by atoms with Crippen LogP contribution in [0.5, 0.6) is 0 Å². The number of hydrogen-bond donors (Lipinski definition) is 2. The number of allylic oxidation sites excluding steroid dienone is 1. The van der Waals surface area contributed by atoms with E-state index in [4.69, 9.17) is 4.74 Å². The fraction of sp³-hybridized carbons (Fsp3) is 0.591. The van der Waals surface area contributed by atoms with Crippen LogP contribution < -0.4 is 10.6 Å². The van der Waals surface area contributed by atoms with Crippen molar-refractivity contribution < 1.29 is 4.74 Å². The van der Waals surface area contributed by atoms with E-state index >= 15 is 0 Å². The molecule has 0 saturated carbocycles. The first-order valence-corrected chi connectivity index (χ1v) is 10.4. The molecular formula is C22H35IN4O. The van der Waals surface area contributed by atoms with Gasteiger partial charge in [0.2, 0.25) is 0 Å². The van der Waals surface area contributed by atoms with E-state index in [-0.39, 0.29) is 24.0 Å². The van der Waals surface area contributed by atoms with Gasteiger partial charge in [-0.2, -0.15) is 0 Å². The third-order valence-corrected chi connectivity index (χ3v) is 5.48. The lowest BCUT2D eigenvalue weighted by molar-refractivity contribution is 0.0170. The monoisotopic (exact) mass is 498 g/mol. The number of benzene rings is 1.